The zero-order valence-electron chi connectivity index (χ0n) is 4.56. The molecule has 0 amide bonds. The molecule has 0 atom stereocenters. The maximum absolute atomic E-state index is 5.64. The Morgan fingerprint density at radius 2 is 2.00 bits per heavy atom. The SMILES string of the molecule is [CH2]c1cncc(Cl)c1Cl. The van der Waals surface area contributed by atoms with E-state index < -0.39 is 0 Å². The molecule has 1 rings (SSSR count). The van der Waals surface area contributed by atoms with Gasteiger partial charge in [0.05, 0.1) is 10.0 Å². The molecule has 0 saturated carbocycles. The highest BCUT2D eigenvalue weighted by Gasteiger charge is 1.98. The second-order valence-electron chi connectivity index (χ2n) is 1.59. The van der Waals surface area contributed by atoms with Crippen molar-refractivity contribution in [1.29, 1.82) is 0 Å². The third kappa shape index (κ3) is 1.35. The molecule has 1 nitrogen and oxygen atoms in total. The number of rotatable bonds is 0. The van der Waals surface area contributed by atoms with E-state index in [1.165, 1.54) is 6.20 Å². The summed E-state index contributed by atoms with van der Waals surface area (Å²) in [7, 11) is 0. The standard InChI is InChI=1S/C6H4Cl2N/c1-4-2-9-3-5(7)6(4)8/h2-3H,1H2. The van der Waals surface area contributed by atoms with E-state index in [2.05, 4.69) is 11.9 Å². The van der Waals surface area contributed by atoms with Gasteiger partial charge in [-0.1, -0.05) is 23.2 Å². The fraction of sp³-hybridized carbons (Fsp3) is 0. The van der Waals surface area contributed by atoms with Gasteiger partial charge in [0, 0.05) is 12.4 Å². The number of aromatic nitrogens is 1. The van der Waals surface area contributed by atoms with Gasteiger partial charge in [0.15, 0.2) is 0 Å². The lowest BCUT2D eigenvalue weighted by molar-refractivity contribution is 1.31. The first kappa shape index (κ1) is 6.84. The van der Waals surface area contributed by atoms with Crippen molar-refractivity contribution in [2.45, 2.75) is 0 Å². The fourth-order valence-electron chi connectivity index (χ4n) is 0.459. The average Bonchev–Trinajstić information content (AvgIpc) is 1.83. The molecule has 0 bridgehead atoms. The van der Waals surface area contributed by atoms with E-state index >= 15 is 0 Å². The van der Waals surface area contributed by atoms with Crippen molar-refractivity contribution in [3.05, 3.63) is 34.9 Å². The van der Waals surface area contributed by atoms with Crippen molar-refractivity contribution >= 4 is 23.2 Å². The molecule has 0 aromatic carbocycles. The van der Waals surface area contributed by atoms with Crippen LogP contribution in [-0.4, -0.2) is 4.98 Å². The van der Waals surface area contributed by atoms with Gasteiger partial charge in [-0.25, -0.2) is 0 Å². The molecule has 0 saturated heterocycles. The average molecular weight is 161 g/mol. The van der Waals surface area contributed by atoms with Crippen LogP contribution in [-0.2, 0) is 0 Å². The van der Waals surface area contributed by atoms with Gasteiger partial charge >= 0.3 is 0 Å². The molecule has 3 heteroatoms. The van der Waals surface area contributed by atoms with Crippen LogP contribution in [0.5, 0.6) is 0 Å². The summed E-state index contributed by atoms with van der Waals surface area (Å²) in [5.41, 5.74) is 0.657. The molecule has 1 heterocycles. The van der Waals surface area contributed by atoms with E-state index in [1.54, 1.807) is 6.20 Å². The zero-order valence-corrected chi connectivity index (χ0v) is 6.08. The molecule has 0 aliphatic carbocycles. The van der Waals surface area contributed by atoms with Gasteiger partial charge in [0.25, 0.3) is 0 Å². The van der Waals surface area contributed by atoms with Crippen molar-refractivity contribution in [3.8, 4) is 0 Å². The Hall–Kier alpha value is -0.270. The summed E-state index contributed by atoms with van der Waals surface area (Å²) in [5, 5.41) is 0.927. The molecular formula is C6H4Cl2N. The smallest absolute Gasteiger partial charge is 0.0778 e. The van der Waals surface area contributed by atoms with Crippen LogP contribution < -0.4 is 0 Å². The Bertz CT molecular complexity index is 202. The largest absolute Gasteiger partial charge is 0.263 e. The molecule has 1 radical (unpaired) electrons. The number of nitrogens with zero attached hydrogens (tertiary/aromatic N) is 1. The summed E-state index contributed by atoms with van der Waals surface area (Å²) in [4.78, 5) is 3.77. The van der Waals surface area contributed by atoms with Crippen molar-refractivity contribution in [2.75, 3.05) is 0 Å². The highest BCUT2D eigenvalue weighted by Crippen LogP contribution is 2.22. The third-order valence-corrected chi connectivity index (χ3v) is 1.74. The number of hydrogen-bond acceptors (Lipinski definition) is 1. The molecule has 0 unspecified atom stereocenters. The van der Waals surface area contributed by atoms with Gasteiger partial charge in [-0.3, -0.25) is 4.98 Å². The number of pyridine rings is 1. The molecule has 0 N–H and O–H groups in total. The first-order valence-corrected chi connectivity index (χ1v) is 3.08. The number of hydrogen-bond donors (Lipinski definition) is 0. The molecule has 47 valence electrons. The van der Waals surface area contributed by atoms with Crippen LogP contribution in [0.2, 0.25) is 10.0 Å². The summed E-state index contributed by atoms with van der Waals surface area (Å²) in [6.07, 6.45) is 3.05. The fourth-order valence-corrected chi connectivity index (χ4v) is 0.735. The predicted molar refractivity (Wildman–Crippen MR) is 38.7 cm³/mol. The summed E-state index contributed by atoms with van der Waals surface area (Å²) in [6, 6.07) is 0. The molecule has 0 fully saturated rings. The molecule has 0 spiro atoms. The van der Waals surface area contributed by atoms with Gasteiger partial charge in [-0.15, -0.1) is 0 Å². The van der Waals surface area contributed by atoms with Gasteiger partial charge in [-0.05, 0) is 12.5 Å². The van der Waals surface area contributed by atoms with E-state index in [4.69, 9.17) is 23.2 Å². The molecule has 0 aliphatic rings. The second kappa shape index (κ2) is 2.54. The Morgan fingerprint density at radius 3 is 2.44 bits per heavy atom. The minimum Gasteiger partial charge on any atom is -0.263 e. The maximum atomic E-state index is 5.64. The lowest BCUT2D eigenvalue weighted by atomic mass is 10.3. The van der Waals surface area contributed by atoms with E-state index in [0.717, 1.165) is 0 Å². The molecule has 1 aromatic rings. The Labute approximate surface area is 63.6 Å². The van der Waals surface area contributed by atoms with Gasteiger partial charge in [-0.2, -0.15) is 0 Å². The lowest BCUT2D eigenvalue weighted by Gasteiger charge is -1.95. The van der Waals surface area contributed by atoms with Crippen LogP contribution in [0.1, 0.15) is 5.56 Å². The second-order valence-corrected chi connectivity index (χ2v) is 2.38. The van der Waals surface area contributed by atoms with Crippen molar-refractivity contribution in [3.63, 3.8) is 0 Å². The van der Waals surface area contributed by atoms with Crippen LogP contribution in [0.3, 0.4) is 0 Å². The van der Waals surface area contributed by atoms with Gasteiger partial charge in [0.2, 0.25) is 0 Å². The van der Waals surface area contributed by atoms with Crippen molar-refractivity contribution in [2.24, 2.45) is 0 Å². The lowest BCUT2D eigenvalue weighted by Crippen LogP contribution is -1.77. The van der Waals surface area contributed by atoms with E-state index in [0.29, 0.717) is 15.6 Å². The topological polar surface area (TPSA) is 12.9 Å². The number of halogens is 2. The minimum absolute atomic E-state index is 0.448. The van der Waals surface area contributed by atoms with Crippen LogP contribution in [0.25, 0.3) is 0 Å². The first-order valence-electron chi connectivity index (χ1n) is 2.33. The Kier molecular flexibility index (Phi) is 1.94. The Morgan fingerprint density at radius 1 is 1.33 bits per heavy atom. The van der Waals surface area contributed by atoms with Crippen molar-refractivity contribution in [1.82, 2.24) is 4.98 Å². The quantitative estimate of drug-likeness (QED) is 0.569. The Balaban J connectivity index is 3.25. The highest BCUT2D eigenvalue weighted by atomic mass is 35.5. The summed E-state index contributed by atoms with van der Waals surface area (Å²) >= 11 is 11.2. The molecular weight excluding hydrogens is 157 g/mol. The van der Waals surface area contributed by atoms with Crippen molar-refractivity contribution < 1.29 is 0 Å². The van der Waals surface area contributed by atoms with Gasteiger partial charge in [0.1, 0.15) is 0 Å². The molecule has 9 heavy (non-hydrogen) atoms. The summed E-state index contributed by atoms with van der Waals surface area (Å²) < 4.78 is 0. The maximum Gasteiger partial charge on any atom is 0.0778 e. The van der Waals surface area contributed by atoms with Gasteiger partial charge < -0.3 is 0 Å². The predicted octanol–water partition coefficient (Wildman–Crippen LogP) is 2.57. The summed E-state index contributed by atoms with van der Waals surface area (Å²) in [5.74, 6) is 0. The first-order chi connectivity index (χ1) is 4.22. The molecule has 0 aliphatic heterocycles. The minimum atomic E-state index is 0.448. The van der Waals surface area contributed by atoms with Crippen LogP contribution in [0.15, 0.2) is 12.4 Å². The van der Waals surface area contributed by atoms with Crippen LogP contribution >= 0.6 is 23.2 Å². The zero-order chi connectivity index (χ0) is 6.85. The van der Waals surface area contributed by atoms with E-state index in [-0.39, 0.29) is 0 Å². The van der Waals surface area contributed by atoms with Crippen LogP contribution in [0.4, 0.5) is 0 Å². The highest BCUT2D eigenvalue weighted by molar-refractivity contribution is 6.42. The summed E-state index contributed by atoms with van der Waals surface area (Å²) in [6.45, 7) is 3.60. The van der Waals surface area contributed by atoms with E-state index in [1.807, 2.05) is 0 Å². The third-order valence-electron chi connectivity index (χ3n) is 0.910. The molecule has 1 aromatic heterocycles. The normalized spacial score (nSPS) is 9.67. The van der Waals surface area contributed by atoms with E-state index in [9.17, 15) is 0 Å². The van der Waals surface area contributed by atoms with Crippen LogP contribution in [0, 0.1) is 6.92 Å². The monoisotopic (exact) mass is 160 g/mol.